The molecule has 0 fully saturated rings. The summed E-state index contributed by atoms with van der Waals surface area (Å²) in [5.74, 6) is -0.416. The van der Waals surface area contributed by atoms with E-state index in [2.05, 4.69) is 25.2 Å². The lowest BCUT2D eigenvalue weighted by Gasteiger charge is -2.03. The smallest absolute Gasteiger partial charge is 0.288 e. The van der Waals surface area contributed by atoms with Gasteiger partial charge in [0.15, 0.2) is 0 Å². The number of hydrogen-bond donors (Lipinski definition) is 4. The number of H-pyrrole nitrogens is 1. The van der Waals surface area contributed by atoms with Crippen molar-refractivity contribution in [3.05, 3.63) is 5.82 Å². The Morgan fingerprint density at radius 2 is 2.18 bits per heavy atom. The van der Waals surface area contributed by atoms with E-state index in [1.54, 1.807) is 0 Å². The van der Waals surface area contributed by atoms with Crippen LogP contribution in [0.15, 0.2) is 0 Å². The normalized spacial score (nSPS) is 11.4. The van der Waals surface area contributed by atoms with Crippen molar-refractivity contribution in [2.45, 2.75) is 6.42 Å². The molecule has 0 saturated heterocycles. The van der Waals surface area contributed by atoms with Gasteiger partial charge in [0.2, 0.25) is 21.8 Å². The maximum Gasteiger partial charge on any atom is 0.288 e. The van der Waals surface area contributed by atoms with Crippen LogP contribution < -0.4 is 15.8 Å². The highest BCUT2D eigenvalue weighted by atomic mass is 32.2. The number of sulfonamides is 1. The molecule has 1 rings (SSSR count). The molecule has 0 aliphatic rings. The van der Waals surface area contributed by atoms with Gasteiger partial charge >= 0.3 is 0 Å². The number of hydrogen-bond acceptors (Lipinski definition) is 6. The summed E-state index contributed by atoms with van der Waals surface area (Å²) in [6, 6.07) is 0. The average molecular weight is 262 g/mol. The lowest BCUT2D eigenvalue weighted by atomic mass is 10.4. The Hall–Kier alpha value is -1.68. The SMILES string of the molecule is CS(=O)(=O)NCCCNC(=O)c1nc(N)n[nH]1. The predicted octanol–water partition coefficient (Wildman–Crippen LogP) is -1.94. The minimum absolute atomic E-state index is 0.00565. The first-order chi connectivity index (χ1) is 7.88. The van der Waals surface area contributed by atoms with Crippen molar-refractivity contribution < 1.29 is 13.2 Å². The van der Waals surface area contributed by atoms with Crippen molar-refractivity contribution in [1.82, 2.24) is 25.2 Å². The second kappa shape index (κ2) is 5.59. The van der Waals surface area contributed by atoms with Gasteiger partial charge in [-0.15, -0.1) is 5.10 Å². The molecule has 1 heterocycles. The topological polar surface area (TPSA) is 143 Å². The van der Waals surface area contributed by atoms with Crippen molar-refractivity contribution in [2.75, 3.05) is 25.1 Å². The first-order valence-electron chi connectivity index (χ1n) is 4.79. The molecule has 0 radical (unpaired) electrons. The molecule has 0 spiro atoms. The van der Waals surface area contributed by atoms with Gasteiger partial charge in [-0.3, -0.25) is 9.89 Å². The molecule has 1 aromatic rings. The van der Waals surface area contributed by atoms with Crippen molar-refractivity contribution in [3.8, 4) is 0 Å². The highest BCUT2D eigenvalue weighted by Gasteiger charge is 2.09. The van der Waals surface area contributed by atoms with Crippen LogP contribution in [-0.4, -0.2) is 48.9 Å². The third kappa shape index (κ3) is 5.26. The molecular formula is C7H14N6O3S. The number of anilines is 1. The fraction of sp³-hybridized carbons (Fsp3) is 0.571. The Morgan fingerprint density at radius 1 is 1.47 bits per heavy atom. The summed E-state index contributed by atoms with van der Waals surface area (Å²) in [5.41, 5.74) is 5.23. The van der Waals surface area contributed by atoms with Gasteiger partial charge < -0.3 is 11.1 Å². The molecule has 0 aliphatic carbocycles. The maximum atomic E-state index is 11.4. The van der Waals surface area contributed by atoms with Crippen LogP contribution in [-0.2, 0) is 10.0 Å². The highest BCUT2D eigenvalue weighted by Crippen LogP contribution is 1.92. The molecule has 0 aromatic carbocycles. The molecule has 9 nitrogen and oxygen atoms in total. The van der Waals surface area contributed by atoms with Crippen LogP contribution in [0.1, 0.15) is 17.0 Å². The van der Waals surface area contributed by atoms with Crippen LogP contribution in [0.3, 0.4) is 0 Å². The summed E-state index contributed by atoms with van der Waals surface area (Å²) in [5, 5.41) is 8.40. The first kappa shape index (κ1) is 13.4. The molecule has 96 valence electrons. The zero-order valence-corrected chi connectivity index (χ0v) is 10.0. The number of aromatic nitrogens is 3. The largest absolute Gasteiger partial charge is 0.366 e. The van der Waals surface area contributed by atoms with E-state index in [9.17, 15) is 13.2 Å². The summed E-state index contributed by atoms with van der Waals surface area (Å²) in [6.07, 6.45) is 1.55. The molecule has 0 unspecified atom stereocenters. The van der Waals surface area contributed by atoms with Gasteiger partial charge in [0.05, 0.1) is 6.26 Å². The maximum absolute atomic E-state index is 11.4. The van der Waals surface area contributed by atoms with Gasteiger partial charge in [-0.25, -0.2) is 13.1 Å². The summed E-state index contributed by atoms with van der Waals surface area (Å²) < 4.78 is 23.7. The highest BCUT2D eigenvalue weighted by molar-refractivity contribution is 7.88. The van der Waals surface area contributed by atoms with Gasteiger partial charge in [0, 0.05) is 13.1 Å². The summed E-state index contributed by atoms with van der Waals surface area (Å²) in [4.78, 5) is 15.0. The minimum atomic E-state index is -3.18. The van der Waals surface area contributed by atoms with Crippen molar-refractivity contribution >= 4 is 21.9 Å². The Kier molecular flexibility index (Phi) is 4.40. The lowest BCUT2D eigenvalue weighted by molar-refractivity contribution is 0.0943. The lowest BCUT2D eigenvalue weighted by Crippen LogP contribution is -2.29. The van der Waals surface area contributed by atoms with Crippen molar-refractivity contribution in [2.24, 2.45) is 0 Å². The van der Waals surface area contributed by atoms with Crippen LogP contribution in [0.4, 0.5) is 5.95 Å². The molecule has 0 bridgehead atoms. The zero-order chi connectivity index (χ0) is 12.9. The molecule has 10 heteroatoms. The van der Waals surface area contributed by atoms with Crippen LogP contribution in [0.5, 0.6) is 0 Å². The number of amides is 1. The molecule has 1 aromatic heterocycles. The quantitative estimate of drug-likeness (QED) is 0.439. The summed E-state index contributed by atoms with van der Waals surface area (Å²) >= 11 is 0. The first-order valence-corrected chi connectivity index (χ1v) is 6.68. The fourth-order valence-corrected chi connectivity index (χ4v) is 1.52. The van der Waals surface area contributed by atoms with Crippen molar-refractivity contribution in [1.29, 1.82) is 0 Å². The van der Waals surface area contributed by atoms with E-state index in [4.69, 9.17) is 5.73 Å². The number of rotatable bonds is 6. The summed E-state index contributed by atoms with van der Waals surface area (Å²) in [7, 11) is -3.18. The number of nitrogens with two attached hydrogens (primary N) is 1. The standard InChI is InChI=1S/C7H14N6O3S/c1-17(15,16)10-4-2-3-9-6(14)5-11-7(8)13-12-5/h10H,2-4H2,1H3,(H,9,14)(H3,8,11,12,13). The van der Waals surface area contributed by atoms with Gasteiger partial charge in [-0.1, -0.05) is 0 Å². The van der Waals surface area contributed by atoms with Gasteiger partial charge in [0.25, 0.3) is 5.91 Å². The number of carbonyl (C=O) groups is 1. The zero-order valence-electron chi connectivity index (χ0n) is 9.23. The number of nitrogens with one attached hydrogen (secondary N) is 3. The molecule has 5 N–H and O–H groups in total. The van der Waals surface area contributed by atoms with Crippen LogP contribution >= 0.6 is 0 Å². The molecule has 0 aliphatic heterocycles. The van der Waals surface area contributed by atoms with Crippen LogP contribution in [0.2, 0.25) is 0 Å². The van der Waals surface area contributed by atoms with Gasteiger partial charge in [-0.2, -0.15) is 4.98 Å². The fourth-order valence-electron chi connectivity index (χ4n) is 1.01. The van der Waals surface area contributed by atoms with E-state index in [1.807, 2.05) is 0 Å². The Labute approximate surface area is 98.2 Å². The number of nitrogens with zero attached hydrogens (tertiary/aromatic N) is 2. The third-order valence-corrected chi connectivity index (χ3v) is 2.45. The van der Waals surface area contributed by atoms with Crippen molar-refractivity contribution in [3.63, 3.8) is 0 Å². The predicted molar refractivity (Wildman–Crippen MR) is 60.6 cm³/mol. The van der Waals surface area contributed by atoms with Crippen LogP contribution in [0.25, 0.3) is 0 Å². The van der Waals surface area contributed by atoms with E-state index >= 15 is 0 Å². The average Bonchev–Trinajstić information content (AvgIpc) is 2.62. The molecular weight excluding hydrogens is 248 g/mol. The third-order valence-electron chi connectivity index (χ3n) is 1.72. The second-order valence-corrected chi connectivity index (χ2v) is 5.15. The van der Waals surface area contributed by atoms with Gasteiger partial charge in [-0.05, 0) is 6.42 Å². The van der Waals surface area contributed by atoms with E-state index < -0.39 is 15.9 Å². The Morgan fingerprint density at radius 3 is 2.71 bits per heavy atom. The number of aromatic amines is 1. The Balaban J connectivity index is 2.21. The van der Waals surface area contributed by atoms with Crippen LogP contribution in [0, 0.1) is 0 Å². The van der Waals surface area contributed by atoms with Gasteiger partial charge in [0.1, 0.15) is 0 Å². The van der Waals surface area contributed by atoms with E-state index in [-0.39, 0.29) is 18.3 Å². The second-order valence-electron chi connectivity index (χ2n) is 3.32. The Bertz CT molecular complexity index is 482. The molecule has 17 heavy (non-hydrogen) atoms. The van der Waals surface area contributed by atoms with E-state index in [0.717, 1.165) is 6.26 Å². The number of nitrogen functional groups attached to an aromatic ring is 1. The van der Waals surface area contributed by atoms with E-state index in [0.29, 0.717) is 13.0 Å². The number of carbonyl (C=O) groups excluding carboxylic acids is 1. The molecule has 1 amide bonds. The molecule has 0 atom stereocenters. The van der Waals surface area contributed by atoms with E-state index in [1.165, 1.54) is 0 Å². The monoisotopic (exact) mass is 262 g/mol. The minimum Gasteiger partial charge on any atom is -0.366 e. The molecule has 0 saturated carbocycles. The summed E-state index contributed by atoms with van der Waals surface area (Å²) in [6.45, 7) is 0.583.